The molecule has 0 aliphatic heterocycles. The summed E-state index contributed by atoms with van der Waals surface area (Å²) in [5.74, 6) is 1.33. The third-order valence-corrected chi connectivity index (χ3v) is 3.02. The lowest BCUT2D eigenvalue weighted by Crippen LogP contribution is -2.32. The zero-order valence-electron chi connectivity index (χ0n) is 10.4. The molecule has 0 spiro atoms. The summed E-state index contributed by atoms with van der Waals surface area (Å²) >= 11 is 0. The Kier molecular flexibility index (Phi) is 3.64. The van der Waals surface area contributed by atoms with E-state index in [0.29, 0.717) is 12.5 Å². The lowest BCUT2D eigenvalue weighted by Gasteiger charge is -2.16. The van der Waals surface area contributed by atoms with Crippen molar-refractivity contribution in [2.75, 3.05) is 6.61 Å². The summed E-state index contributed by atoms with van der Waals surface area (Å²) in [4.78, 5) is 0. The quantitative estimate of drug-likeness (QED) is 0.873. The van der Waals surface area contributed by atoms with E-state index in [1.165, 1.54) is 10.8 Å². The van der Waals surface area contributed by atoms with Gasteiger partial charge in [0.05, 0.1) is 0 Å². The minimum absolute atomic E-state index is 0.0847. The SMILES string of the molecule is CC(C)[C@@H](N)COc1ccc2ccccc2c1. The van der Waals surface area contributed by atoms with Crippen LogP contribution in [0, 0.1) is 5.92 Å². The normalized spacial score (nSPS) is 12.9. The highest BCUT2D eigenvalue weighted by Crippen LogP contribution is 2.20. The van der Waals surface area contributed by atoms with Gasteiger partial charge in [0, 0.05) is 6.04 Å². The molecule has 1 atom stereocenters. The second-order valence-electron chi connectivity index (χ2n) is 4.73. The number of nitrogens with two attached hydrogens (primary N) is 1. The van der Waals surface area contributed by atoms with Gasteiger partial charge in [-0.2, -0.15) is 0 Å². The predicted molar refractivity (Wildman–Crippen MR) is 72.3 cm³/mol. The Bertz CT molecular complexity index is 493. The van der Waals surface area contributed by atoms with Crippen LogP contribution in [0.2, 0.25) is 0 Å². The van der Waals surface area contributed by atoms with Crippen molar-refractivity contribution in [1.82, 2.24) is 0 Å². The summed E-state index contributed by atoms with van der Waals surface area (Å²) in [7, 11) is 0. The molecule has 2 heteroatoms. The molecule has 0 radical (unpaired) electrons. The van der Waals surface area contributed by atoms with Crippen LogP contribution in [-0.2, 0) is 0 Å². The van der Waals surface area contributed by atoms with Gasteiger partial charge in [0.1, 0.15) is 12.4 Å². The molecule has 2 aromatic carbocycles. The van der Waals surface area contributed by atoms with Crippen LogP contribution in [0.3, 0.4) is 0 Å². The molecule has 0 aromatic heterocycles. The second kappa shape index (κ2) is 5.19. The van der Waals surface area contributed by atoms with Crippen LogP contribution in [-0.4, -0.2) is 12.6 Å². The smallest absolute Gasteiger partial charge is 0.120 e. The number of hydrogen-bond acceptors (Lipinski definition) is 2. The van der Waals surface area contributed by atoms with Gasteiger partial charge >= 0.3 is 0 Å². The average molecular weight is 229 g/mol. The van der Waals surface area contributed by atoms with Gasteiger partial charge in [-0.05, 0) is 28.8 Å². The van der Waals surface area contributed by atoms with E-state index in [4.69, 9.17) is 10.5 Å². The molecule has 2 N–H and O–H groups in total. The molecule has 2 rings (SSSR count). The lowest BCUT2D eigenvalue weighted by atomic mass is 10.1. The topological polar surface area (TPSA) is 35.2 Å². The summed E-state index contributed by atoms with van der Waals surface area (Å²) in [6, 6.07) is 14.5. The monoisotopic (exact) mass is 229 g/mol. The molecular formula is C15H19NO. The number of rotatable bonds is 4. The van der Waals surface area contributed by atoms with Gasteiger partial charge in [-0.1, -0.05) is 44.2 Å². The third-order valence-electron chi connectivity index (χ3n) is 3.02. The molecule has 0 saturated carbocycles. The van der Waals surface area contributed by atoms with Crippen molar-refractivity contribution in [2.24, 2.45) is 11.7 Å². The van der Waals surface area contributed by atoms with Crippen molar-refractivity contribution in [1.29, 1.82) is 0 Å². The highest BCUT2D eigenvalue weighted by molar-refractivity contribution is 5.83. The Balaban J connectivity index is 2.09. The van der Waals surface area contributed by atoms with Crippen LogP contribution in [0.4, 0.5) is 0 Å². The van der Waals surface area contributed by atoms with E-state index in [-0.39, 0.29) is 6.04 Å². The van der Waals surface area contributed by atoms with E-state index in [0.717, 1.165) is 5.75 Å². The number of hydrogen-bond donors (Lipinski definition) is 1. The van der Waals surface area contributed by atoms with Gasteiger partial charge in [-0.25, -0.2) is 0 Å². The molecule has 0 bridgehead atoms. The van der Waals surface area contributed by atoms with E-state index in [1.54, 1.807) is 0 Å². The van der Waals surface area contributed by atoms with Gasteiger partial charge in [0.2, 0.25) is 0 Å². The summed E-state index contributed by atoms with van der Waals surface area (Å²) in [6.07, 6.45) is 0. The van der Waals surface area contributed by atoms with Gasteiger partial charge in [0.25, 0.3) is 0 Å². The van der Waals surface area contributed by atoms with Gasteiger partial charge in [0.15, 0.2) is 0 Å². The molecule has 90 valence electrons. The van der Waals surface area contributed by atoms with Crippen molar-refractivity contribution >= 4 is 10.8 Å². The number of benzene rings is 2. The molecule has 0 saturated heterocycles. The maximum absolute atomic E-state index is 5.95. The van der Waals surface area contributed by atoms with Crippen molar-refractivity contribution < 1.29 is 4.74 Å². The Labute approximate surface area is 102 Å². The first-order valence-electron chi connectivity index (χ1n) is 6.04. The van der Waals surface area contributed by atoms with Gasteiger partial charge in [-0.3, -0.25) is 0 Å². The summed E-state index contributed by atoms with van der Waals surface area (Å²) in [6.45, 7) is 4.78. The average Bonchev–Trinajstić information content (AvgIpc) is 2.35. The van der Waals surface area contributed by atoms with Gasteiger partial charge < -0.3 is 10.5 Å². The van der Waals surface area contributed by atoms with Gasteiger partial charge in [-0.15, -0.1) is 0 Å². The van der Waals surface area contributed by atoms with Crippen LogP contribution in [0.15, 0.2) is 42.5 Å². The van der Waals surface area contributed by atoms with Crippen LogP contribution >= 0.6 is 0 Å². The minimum atomic E-state index is 0.0847. The standard InChI is InChI=1S/C15H19NO/c1-11(2)15(16)10-17-14-8-7-12-5-3-4-6-13(12)9-14/h3-9,11,15H,10,16H2,1-2H3/t15-/m0/s1. The van der Waals surface area contributed by atoms with Crippen LogP contribution < -0.4 is 10.5 Å². The minimum Gasteiger partial charge on any atom is -0.492 e. The molecule has 0 unspecified atom stereocenters. The van der Waals surface area contributed by atoms with Crippen LogP contribution in [0.1, 0.15) is 13.8 Å². The van der Waals surface area contributed by atoms with E-state index in [2.05, 4.69) is 38.1 Å². The van der Waals surface area contributed by atoms with Crippen LogP contribution in [0.25, 0.3) is 10.8 Å². The summed E-state index contributed by atoms with van der Waals surface area (Å²) in [5.41, 5.74) is 5.95. The fourth-order valence-corrected chi connectivity index (χ4v) is 1.64. The first-order valence-corrected chi connectivity index (χ1v) is 6.04. The van der Waals surface area contributed by atoms with E-state index in [9.17, 15) is 0 Å². The Hall–Kier alpha value is -1.54. The Morgan fingerprint density at radius 2 is 1.76 bits per heavy atom. The zero-order chi connectivity index (χ0) is 12.3. The third kappa shape index (κ3) is 2.98. The van der Waals surface area contributed by atoms with E-state index in [1.807, 2.05) is 18.2 Å². The van der Waals surface area contributed by atoms with Crippen molar-refractivity contribution in [2.45, 2.75) is 19.9 Å². The molecule has 0 amide bonds. The van der Waals surface area contributed by atoms with Crippen molar-refractivity contribution in [3.63, 3.8) is 0 Å². The van der Waals surface area contributed by atoms with Crippen LogP contribution in [0.5, 0.6) is 5.75 Å². The molecule has 0 aliphatic carbocycles. The zero-order valence-corrected chi connectivity index (χ0v) is 10.4. The molecule has 0 aliphatic rings. The van der Waals surface area contributed by atoms with Crippen molar-refractivity contribution in [3.05, 3.63) is 42.5 Å². The Morgan fingerprint density at radius 3 is 2.47 bits per heavy atom. The first kappa shape index (κ1) is 11.9. The maximum atomic E-state index is 5.95. The highest BCUT2D eigenvalue weighted by atomic mass is 16.5. The molecule has 0 fully saturated rings. The summed E-state index contributed by atoms with van der Waals surface area (Å²) < 4.78 is 5.71. The fourth-order valence-electron chi connectivity index (χ4n) is 1.64. The predicted octanol–water partition coefficient (Wildman–Crippen LogP) is 3.20. The van der Waals surface area contributed by atoms with Crippen molar-refractivity contribution in [3.8, 4) is 5.75 Å². The molecular weight excluding hydrogens is 210 g/mol. The maximum Gasteiger partial charge on any atom is 0.120 e. The van der Waals surface area contributed by atoms with E-state index < -0.39 is 0 Å². The molecule has 2 nitrogen and oxygen atoms in total. The molecule has 17 heavy (non-hydrogen) atoms. The molecule has 2 aromatic rings. The van der Waals surface area contributed by atoms with E-state index >= 15 is 0 Å². The molecule has 0 heterocycles. The number of fused-ring (bicyclic) bond motifs is 1. The highest BCUT2D eigenvalue weighted by Gasteiger charge is 2.08. The second-order valence-corrected chi connectivity index (χ2v) is 4.73. The first-order chi connectivity index (χ1) is 8.16. The largest absolute Gasteiger partial charge is 0.492 e. The number of ether oxygens (including phenoxy) is 1. The fraction of sp³-hybridized carbons (Fsp3) is 0.333. The summed E-state index contributed by atoms with van der Waals surface area (Å²) in [5, 5.41) is 2.43. The Morgan fingerprint density at radius 1 is 1.06 bits per heavy atom. The lowest BCUT2D eigenvalue weighted by molar-refractivity contribution is 0.260.